The van der Waals surface area contributed by atoms with Gasteiger partial charge in [-0.1, -0.05) is 32.6 Å². The topological polar surface area (TPSA) is 21.3 Å². The lowest BCUT2D eigenvalue weighted by molar-refractivity contribution is 0.00509. The molecule has 1 unspecified atom stereocenters. The number of nitrogens with one attached hydrogen (secondary N) is 1. The van der Waals surface area contributed by atoms with Gasteiger partial charge in [0.1, 0.15) is 0 Å². The minimum atomic E-state index is 0.00398. The first-order valence-electron chi connectivity index (χ1n) is 7.36. The lowest BCUT2D eigenvalue weighted by atomic mass is 9.90. The van der Waals surface area contributed by atoms with Crippen molar-refractivity contribution in [3.05, 3.63) is 0 Å². The van der Waals surface area contributed by atoms with Crippen LogP contribution in [0, 0.1) is 5.92 Å². The summed E-state index contributed by atoms with van der Waals surface area (Å²) in [5.41, 5.74) is 0.00398. The first-order valence-corrected chi connectivity index (χ1v) is 7.36. The van der Waals surface area contributed by atoms with Crippen LogP contribution in [0.3, 0.4) is 0 Å². The Morgan fingerprint density at radius 2 is 1.94 bits per heavy atom. The van der Waals surface area contributed by atoms with Gasteiger partial charge in [-0.05, 0) is 45.6 Å². The van der Waals surface area contributed by atoms with E-state index >= 15 is 0 Å². The highest BCUT2D eigenvalue weighted by atomic mass is 16.5. The molecule has 0 aromatic heterocycles. The van der Waals surface area contributed by atoms with Gasteiger partial charge in [0, 0.05) is 13.2 Å². The first-order chi connectivity index (χ1) is 8.07. The van der Waals surface area contributed by atoms with Crippen molar-refractivity contribution in [2.24, 2.45) is 5.92 Å². The second-order valence-corrected chi connectivity index (χ2v) is 6.21. The Labute approximate surface area is 108 Å². The molecule has 0 radical (unpaired) electrons. The zero-order valence-electron chi connectivity index (χ0n) is 12.2. The third kappa shape index (κ3) is 5.87. The van der Waals surface area contributed by atoms with Crippen LogP contribution in [-0.4, -0.2) is 25.3 Å². The lowest BCUT2D eigenvalue weighted by Crippen LogP contribution is -2.39. The highest BCUT2D eigenvalue weighted by Gasteiger charge is 2.26. The molecular weight excluding hydrogens is 210 g/mol. The van der Waals surface area contributed by atoms with Crippen molar-refractivity contribution in [3.63, 3.8) is 0 Å². The van der Waals surface area contributed by atoms with E-state index in [0.29, 0.717) is 6.04 Å². The molecule has 1 rings (SSSR count). The molecule has 0 saturated heterocycles. The molecule has 17 heavy (non-hydrogen) atoms. The van der Waals surface area contributed by atoms with Crippen molar-refractivity contribution in [1.29, 1.82) is 0 Å². The van der Waals surface area contributed by atoms with Gasteiger partial charge in [0.2, 0.25) is 0 Å². The van der Waals surface area contributed by atoms with E-state index in [1.54, 1.807) is 0 Å². The fourth-order valence-corrected chi connectivity index (χ4v) is 2.91. The predicted molar refractivity (Wildman–Crippen MR) is 74.4 cm³/mol. The Hall–Kier alpha value is -0.0800. The molecule has 1 N–H and O–H groups in total. The van der Waals surface area contributed by atoms with E-state index in [9.17, 15) is 0 Å². The summed E-state index contributed by atoms with van der Waals surface area (Å²) >= 11 is 0. The molecule has 0 spiro atoms. The van der Waals surface area contributed by atoms with Crippen molar-refractivity contribution < 1.29 is 4.74 Å². The largest absolute Gasteiger partial charge is 0.379 e. The zero-order valence-corrected chi connectivity index (χ0v) is 12.2. The van der Waals surface area contributed by atoms with Crippen LogP contribution >= 0.6 is 0 Å². The van der Waals surface area contributed by atoms with E-state index in [1.807, 2.05) is 7.11 Å². The molecule has 2 nitrogen and oxygen atoms in total. The van der Waals surface area contributed by atoms with Crippen LogP contribution in [0.25, 0.3) is 0 Å². The molecule has 0 heterocycles. The summed E-state index contributed by atoms with van der Waals surface area (Å²) in [5, 5.41) is 3.71. The van der Waals surface area contributed by atoms with Gasteiger partial charge in [-0.3, -0.25) is 0 Å². The Morgan fingerprint density at radius 1 is 1.29 bits per heavy atom. The minimum Gasteiger partial charge on any atom is -0.379 e. The van der Waals surface area contributed by atoms with Gasteiger partial charge >= 0.3 is 0 Å². The molecule has 2 heteroatoms. The number of methoxy groups -OCH3 is 1. The van der Waals surface area contributed by atoms with Gasteiger partial charge in [-0.25, -0.2) is 0 Å². The average Bonchev–Trinajstić information content (AvgIpc) is 2.78. The van der Waals surface area contributed by atoms with E-state index in [0.717, 1.165) is 18.9 Å². The minimum absolute atomic E-state index is 0.00398. The normalized spacial score (nSPS) is 19.8. The molecular formula is C15H31NO. The first kappa shape index (κ1) is 15.0. The summed E-state index contributed by atoms with van der Waals surface area (Å²) in [4.78, 5) is 0. The highest BCUT2D eigenvalue weighted by molar-refractivity contribution is 4.82. The zero-order chi connectivity index (χ0) is 12.7. The van der Waals surface area contributed by atoms with Gasteiger partial charge in [0.25, 0.3) is 0 Å². The smallest absolute Gasteiger partial charge is 0.0637 e. The molecule has 0 amide bonds. The van der Waals surface area contributed by atoms with Crippen LogP contribution in [0.1, 0.15) is 65.7 Å². The maximum atomic E-state index is 5.57. The molecule has 1 aliphatic carbocycles. The molecule has 0 aromatic carbocycles. The van der Waals surface area contributed by atoms with Gasteiger partial charge < -0.3 is 10.1 Å². The number of rotatable bonds is 8. The van der Waals surface area contributed by atoms with Crippen LogP contribution in [0.4, 0.5) is 0 Å². The van der Waals surface area contributed by atoms with Gasteiger partial charge in [-0.15, -0.1) is 0 Å². The third-order valence-corrected chi connectivity index (χ3v) is 4.07. The Balaban J connectivity index is 2.41. The van der Waals surface area contributed by atoms with Crippen molar-refractivity contribution in [2.45, 2.75) is 77.4 Å². The Morgan fingerprint density at radius 3 is 2.47 bits per heavy atom. The summed E-state index contributed by atoms with van der Waals surface area (Å²) in [6.07, 6.45) is 9.45. The molecule has 0 aromatic rings. The maximum Gasteiger partial charge on any atom is 0.0637 e. The monoisotopic (exact) mass is 241 g/mol. The van der Waals surface area contributed by atoms with Gasteiger partial charge in [0.15, 0.2) is 0 Å². The van der Waals surface area contributed by atoms with Crippen LogP contribution in [0.5, 0.6) is 0 Å². The van der Waals surface area contributed by atoms with Crippen molar-refractivity contribution in [3.8, 4) is 0 Å². The van der Waals surface area contributed by atoms with Crippen LogP contribution in [0.2, 0.25) is 0 Å². The Bertz CT molecular complexity index is 197. The predicted octanol–water partition coefficient (Wildman–Crippen LogP) is 3.75. The fraction of sp³-hybridized carbons (Fsp3) is 1.00. The molecule has 102 valence electrons. The fourth-order valence-electron chi connectivity index (χ4n) is 2.91. The third-order valence-electron chi connectivity index (χ3n) is 4.07. The maximum absolute atomic E-state index is 5.57. The van der Waals surface area contributed by atoms with Crippen LogP contribution < -0.4 is 5.32 Å². The van der Waals surface area contributed by atoms with Gasteiger partial charge in [-0.2, -0.15) is 0 Å². The number of ether oxygens (including phenoxy) is 1. The molecule has 1 fully saturated rings. The summed E-state index contributed by atoms with van der Waals surface area (Å²) < 4.78 is 5.57. The van der Waals surface area contributed by atoms with E-state index in [-0.39, 0.29) is 5.60 Å². The van der Waals surface area contributed by atoms with Crippen LogP contribution in [0.15, 0.2) is 0 Å². The SMILES string of the molecule is CCCNC(CC1CCCC1)CC(C)(C)OC. The lowest BCUT2D eigenvalue weighted by Gasteiger charge is -2.30. The van der Waals surface area contributed by atoms with Crippen molar-refractivity contribution >= 4 is 0 Å². The van der Waals surface area contributed by atoms with Crippen molar-refractivity contribution in [2.75, 3.05) is 13.7 Å². The summed E-state index contributed by atoms with van der Waals surface area (Å²) in [6, 6.07) is 0.632. The van der Waals surface area contributed by atoms with E-state index in [4.69, 9.17) is 4.74 Å². The molecule has 1 atom stereocenters. The van der Waals surface area contributed by atoms with E-state index in [2.05, 4.69) is 26.1 Å². The molecule has 1 saturated carbocycles. The second-order valence-electron chi connectivity index (χ2n) is 6.21. The standard InChI is InChI=1S/C15H31NO/c1-5-10-16-14(12-15(2,3)17-4)11-13-8-6-7-9-13/h13-14,16H,5-12H2,1-4H3. The van der Waals surface area contributed by atoms with E-state index in [1.165, 1.54) is 38.5 Å². The summed E-state index contributed by atoms with van der Waals surface area (Å²) in [6.45, 7) is 7.77. The van der Waals surface area contributed by atoms with E-state index < -0.39 is 0 Å². The molecule has 1 aliphatic rings. The van der Waals surface area contributed by atoms with Gasteiger partial charge in [0.05, 0.1) is 5.60 Å². The average molecular weight is 241 g/mol. The molecule has 0 aliphatic heterocycles. The highest BCUT2D eigenvalue weighted by Crippen LogP contribution is 2.30. The van der Waals surface area contributed by atoms with Crippen molar-refractivity contribution in [1.82, 2.24) is 5.32 Å². The quantitative estimate of drug-likeness (QED) is 0.699. The van der Waals surface area contributed by atoms with Crippen LogP contribution in [-0.2, 0) is 4.74 Å². The summed E-state index contributed by atoms with van der Waals surface area (Å²) in [5.74, 6) is 0.956. The molecule has 0 bridgehead atoms. The number of hydrogen-bond acceptors (Lipinski definition) is 2. The second kappa shape index (κ2) is 7.38. The summed E-state index contributed by atoms with van der Waals surface area (Å²) in [7, 11) is 1.83. The number of hydrogen-bond donors (Lipinski definition) is 1. The Kier molecular flexibility index (Phi) is 6.50.